The second-order valence-corrected chi connectivity index (χ2v) is 5.96. The molecule has 1 saturated heterocycles. The molecular weight excluding hydrogens is 236 g/mol. The zero-order chi connectivity index (χ0) is 13.5. The van der Waals surface area contributed by atoms with E-state index in [0.717, 1.165) is 26.1 Å². The predicted octanol–water partition coefficient (Wildman–Crippen LogP) is 2.87. The number of hydrogen-bond acceptors (Lipinski definition) is 2. The molecule has 0 aliphatic carbocycles. The van der Waals surface area contributed by atoms with Gasteiger partial charge in [-0.15, -0.1) is 0 Å². The highest BCUT2D eigenvalue weighted by atomic mass is 16.5. The summed E-state index contributed by atoms with van der Waals surface area (Å²) in [6, 6.07) is 8.79. The van der Waals surface area contributed by atoms with Crippen LogP contribution < -0.4 is 5.73 Å². The average Bonchev–Trinajstić information content (AvgIpc) is 2.65. The third-order valence-corrected chi connectivity index (χ3v) is 4.26. The molecule has 3 rings (SSSR count). The van der Waals surface area contributed by atoms with Crippen molar-refractivity contribution in [1.29, 1.82) is 0 Å². The molecule has 0 radical (unpaired) electrons. The van der Waals surface area contributed by atoms with Crippen molar-refractivity contribution in [1.82, 2.24) is 4.98 Å². The largest absolute Gasteiger partial charge is 0.379 e. The van der Waals surface area contributed by atoms with Crippen LogP contribution in [-0.4, -0.2) is 24.2 Å². The van der Waals surface area contributed by atoms with Crippen LogP contribution >= 0.6 is 0 Å². The van der Waals surface area contributed by atoms with Crippen molar-refractivity contribution < 1.29 is 4.74 Å². The number of H-pyrrole nitrogens is 1. The van der Waals surface area contributed by atoms with Crippen LogP contribution in [0.25, 0.3) is 10.9 Å². The van der Waals surface area contributed by atoms with Gasteiger partial charge in [0.2, 0.25) is 0 Å². The molecule has 102 valence electrons. The van der Waals surface area contributed by atoms with Gasteiger partial charge < -0.3 is 15.5 Å². The summed E-state index contributed by atoms with van der Waals surface area (Å²) in [5.74, 6) is 0. The van der Waals surface area contributed by atoms with Crippen molar-refractivity contribution in [3.63, 3.8) is 0 Å². The van der Waals surface area contributed by atoms with Crippen LogP contribution in [0.15, 0.2) is 24.3 Å². The molecule has 1 unspecified atom stereocenters. The molecule has 3 nitrogen and oxygen atoms in total. The molecule has 0 bridgehead atoms. The number of nitrogens with two attached hydrogens (primary N) is 1. The van der Waals surface area contributed by atoms with E-state index in [-0.39, 0.29) is 11.5 Å². The van der Waals surface area contributed by atoms with Crippen molar-refractivity contribution in [3.8, 4) is 0 Å². The minimum atomic E-state index is 0.164. The van der Waals surface area contributed by atoms with E-state index in [1.807, 2.05) is 0 Å². The predicted molar refractivity (Wildman–Crippen MR) is 78.4 cm³/mol. The third-order valence-electron chi connectivity index (χ3n) is 4.26. The molecule has 0 amide bonds. The Kier molecular flexibility index (Phi) is 3.11. The number of fused-ring (bicyclic) bond motifs is 1. The van der Waals surface area contributed by atoms with E-state index in [9.17, 15) is 0 Å². The SMILES string of the molecule is Cc1[nH]c2ccccc2c1C1(CCC(C)N)COC1. The number of ether oxygens (including phenoxy) is 1. The van der Waals surface area contributed by atoms with E-state index in [1.165, 1.54) is 22.2 Å². The Bertz CT molecular complexity index is 581. The lowest BCUT2D eigenvalue weighted by Crippen LogP contribution is -2.47. The molecule has 1 aliphatic rings. The van der Waals surface area contributed by atoms with Gasteiger partial charge in [-0.05, 0) is 38.3 Å². The molecule has 1 fully saturated rings. The lowest BCUT2D eigenvalue weighted by atomic mass is 9.73. The second kappa shape index (κ2) is 4.66. The standard InChI is InChI=1S/C16H22N2O/c1-11(17)7-8-16(9-19-10-16)15-12(2)18-14-6-4-3-5-13(14)15/h3-6,11,18H,7-10,17H2,1-2H3. The van der Waals surface area contributed by atoms with Gasteiger partial charge in [0.1, 0.15) is 0 Å². The maximum Gasteiger partial charge on any atom is 0.0586 e. The molecule has 1 aromatic carbocycles. The molecule has 0 saturated carbocycles. The lowest BCUT2D eigenvalue weighted by molar-refractivity contribution is -0.0652. The normalized spacial score (nSPS) is 19.3. The number of benzene rings is 1. The van der Waals surface area contributed by atoms with Gasteiger partial charge in [-0.1, -0.05) is 18.2 Å². The average molecular weight is 258 g/mol. The maximum absolute atomic E-state index is 5.93. The van der Waals surface area contributed by atoms with E-state index < -0.39 is 0 Å². The van der Waals surface area contributed by atoms with Crippen LogP contribution in [0.3, 0.4) is 0 Å². The topological polar surface area (TPSA) is 51.0 Å². The quantitative estimate of drug-likeness (QED) is 0.886. The van der Waals surface area contributed by atoms with Gasteiger partial charge in [-0.2, -0.15) is 0 Å². The van der Waals surface area contributed by atoms with Gasteiger partial charge >= 0.3 is 0 Å². The summed E-state index contributed by atoms with van der Waals surface area (Å²) >= 11 is 0. The Morgan fingerprint density at radius 3 is 2.74 bits per heavy atom. The number of aryl methyl sites for hydroxylation is 1. The minimum Gasteiger partial charge on any atom is -0.379 e. The van der Waals surface area contributed by atoms with Crippen LogP contribution in [0.5, 0.6) is 0 Å². The van der Waals surface area contributed by atoms with Gasteiger partial charge in [-0.25, -0.2) is 0 Å². The summed E-state index contributed by atoms with van der Waals surface area (Å²) < 4.78 is 5.54. The molecule has 1 aromatic heterocycles. The van der Waals surface area contributed by atoms with E-state index in [4.69, 9.17) is 10.5 Å². The summed E-state index contributed by atoms with van der Waals surface area (Å²) in [4.78, 5) is 3.50. The lowest BCUT2D eigenvalue weighted by Gasteiger charge is -2.42. The van der Waals surface area contributed by atoms with Crippen molar-refractivity contribution in [3.05, 3.63) is 35.5 Å². The van der Waals surface area contributed by atoms with Crippen molar-refractivity contribution in [2.75, 3.05) is 13.2 Å². The Morgan fingerprint density at radius 1 is 1.37 bits per heavy atom. The monoisotopic (exact) mass is 258 g/mol. The van der Waals surface area contributed by atoms with Crippen molar-refractivity contribution >= 4 is 10.9 Å². The Morgan fingerprint density at radius 2 is 2.11 bits per heavy atom. The van der Waals surface area contributed by atoms with Crippen LogP contribution in [0.1, 0.15) is 31.0 Å². The highest BCUT2D eigenvalue weighted by Gasteiger charge is 2.42. The Hall–Kier alpha value is -1.32. The highest BCUT2D eigenvalue weighted by Crippen LogP contribution is 2.42. The van der Waals surface area contributed by atoms with E-state index in [0.29, 0.717) is 0 Å². The zero-order valence-corrected chi connectivity index (χ0v) is 11.7. The molecule has 2 aromatic rings. The number of hydrogen-bond donors (Lipinski definition) is 2. The Balaban J connectivity index is 2.03. The molecule has 1 atom stereocenters. The zero-order valence-electron chi connectivity index (χ0n) is 11.7. The third kappa shape index (κ3) is 2.07. The molecule has 19 heavy (non-hydrogen) atoms. The minimum absolute atomic E-state index is 0.164. The first-order valence-corrected chi connectivity index (χ1v) is 7.03. The number of aromatic nitrogens is 1. The van der Waals surface area contributed by atoms with Gasteiger partial charge in [-0.3, -0.25) is 0 Å². The first kappa shape index (κ1) is 12.7. The van der Waals surface area contributed by atoms with Gasteiger partial charge in [0.25, 0.3) is 0 Å². The van der Waals surface area contributed by atoms with Gasteiger partial charge in [0.05, 0.1) is 13.2 Å². The molecule has 2 heterocycles. The van der Waals surface area contributed by atoms with Crippen LogP contribution in [0.4, 0.5) is 0 Å². The second-order valence-electron chi connectivity index (χ2n) is 5.96. The molecule has 0 spiro atoms. The highest BCUT2D eigenvalue weighted by molar-refractivity contribution is 5.86. The molecule has 1 aliphatic heterocycles. The summed E-state index contributed by atoms with van der Waals surface area (Å²) in [5.41, 5.74) is 10.0. The first-order chi connectivity index (χ1) is 9.12. The number of para-hydroxylation sites is 1. The number of nitrogens with one attached hydrogen (secondary N) is 1. The summed E-state index contributed by atoms with van der Waals surface area (Å²) in [6.45, 7) is 5.89. The van der Waals surface area contributed by atoms with E-state index >= 15 is 0 Å². The Labute approximate surface area is 114 Å². The summed E-state index contributed by atoms with van der Waals surface area (Å²) in [5, 5.41) is 1.34. The summed E-state index contributed by atoms with van der Waals surface area (Å²) in [7, 11) is 0. The fourth-order valence-corrected chi connectivity index (χ4v) is 3.23. The molecular formula is C16H22N2O. The fraction of sp³-hybridized carbons (Fsp3) is 0.500. The fourth-order valence-electron chi connectivity index (χ4n) is 3.23. The smallest absolute Gasteiger partial charge is 0.0586 e. The van der Waals surface area contributed by atoms with Crippen LogP contribution in [0, 0.1) is 6.92 Å². The van der Waals surface area contributed by atoms with Crippen LogP contribution in [0.2, 0.25) is 0 Å². The van der Waals surface area contributed by atoms with Crippen molar-refractivity contribution in [2.45, 2.75) is 38.1 Å². The summed E-state index contributed by atoms with van der Waals surface area (Å²) in [6.07, 6.45) is 2.15. The van der Waals surface area contributed by atoms with E-state index in [2.05, 4.69) is 43.1 Å². The molecule has 3 N–H and O–H groups in total. The number of aromatic amines is 1. The van der Waals surface area contributed by atoms with Gasteiger partial charge in [0.15, 0.2) is 0 Å². The molecule has 3 heteroatoms. The van der Waals surface area contributed by atoms with Gasteiger partial charge in [0, 0.05) is 28.1 Å². The van der Waals surface area contributed by atoms with Crippen molar-refractivity contribution in [2.24, 2.45) is 5.73 Å². The van der Waals surface area contributed by atoms with E-state index in [1.54, 1.807) is 0 Å². The maximum atomic E-state index is 5.93. The first-order valence-electron chi connectivity index (χ1n) is 7.03. The van der Waals surface area contributed by atoms with Crippen LogP contribution in [-0.2, 0) is 10.2 Å². The number of rotatable bonds is 4.